The second-order valence-electron chi connectivity index (χ2n) is 4.05. The summed E-state index contributed by atoms with van der Waals surface area (Å²) in [5.74, 6) is 1.56. The molecule has 2 rings (SSSR count). The van der Waals surface area contributed by atoms with Gasteiger partial charge in [0.05, 0.1) is 0 Å². The van der Waals surface area contributed by atoms with Gasteiger partial charge in [0.1, 0.15) is 0 Å². The Morgan fingerprint density at radius 1 is 1.25 bits per heavy atom. The molecule has 1 nitrogen and oxygen atoms in total. The van der Waals surface area contributed by atoms with Gasteiger partial charge in [0.2, 0.25) is 0 Å². The SMILES string of the molecule is O=C1/C=C/CCCCC[C@H]2C[C@@H]12. The van der Waals surface area contributed by atoms with Crippen molar-refractivity contribution in [1.29, 1.82) is 0 Å². The number of hydrogen-bond acceptors (Lipinski definition) is 1. The van der Waals surface area contributed by atoms with Crippen LogP contribution in [0.4, 0.5) is 0 Å². The lowest BCUT2D eigenvalue weighted by Crippen LogP contribution is -1.98. The van der Waals surface area contributed by atoms with E-state index in [4.69, 9.17) is 0 Å². The summed E-state index contributed by atoms with van der Waals surface area (Å²) in [4.78, 5) is 11.4. The Balaban J connectivity index is 1.95. The maximum atomic E-state index is 11.4. The largest absolute Gasteiger partial charge is 0.295 e. The van der Waals surface area contributed by atoms with Crippen molar-refractivity contribution < 1.29 is 4.79 Å². The third-order valence-electron chi connectivity index (χ3n) is 3.02. The molecular weight excluding hydrogens is 148 g/mol. The van der Waals surface area contributed by atoms with E-state index >= 15 is 0 Å². The molecule has 1 fully saturated rings. The van der Waals surface area contributed by atoms with Crippen molar-refractivity contribution in [2.75, 3.05) is 0 Å². The molecule has 0 amide bonds. The maximum Gasteiger partial charge on any atom is 0.158 e. The Kier molecular flexibility index (Phi) is 2.29. The monoisotopic (exact) mass is 164 g/mol. The molecule has 1 saturated carbocycles. The summed E-state index contributed by atoms with van der Waals surface area (Å²) < 4.78 is 0. The molecule has 0 saturated heterocycles. The molecule has 2 atom stereocenters. The molecule has 0 aromatic carbocycles. The molecular formula is C11H16O. The van der Waals surface area contributed by atoms with Gasteiger partial charge in [-0.25, -0.2) is 0 Å². The predicted octanol–water partition coefficient (Wildman–Crippen LogP) is 2.71. The molecule has 0 aromatic heterocycles. The van der Waals surface area contributed by atoms with Crippen LogP contribution in [0.25, 0.3) is 0 Å². The van der Waals surface area contributed by atoms with Gasteiger partial charge in [0, 0.05) is 5.92 Å². The summed E-state index contributed by atoms with van der Waals surface area (Å²) in [6.45, 7) is 0. The zero-order valence-electron chi connectivity index (χ0n) is 7.46. The number of allylic oxidation sites excluding steroid dienone is 2. The van der Waals surface area contributed by atoms with E-state index in [1.54, 1.807) is 0 Å². The van der Waals surface area contributed by atoms with Crippen LogP contribution in [0, 0.1) is 11.8 Å². The Morgan fingerprint density at radius 3 is 3.08 bits per heavy atom. The van der Waals surface area contributed by atoms with Gasteiger partial charge in [-0.1, -0.05) is 18.9 Å². The van der Waals surface area contributed by atoms with Crippen LogP contribution in [-0.4, -0.2) is 5.78 Å². The first kappa shape index (κ1) is 8.03. The minimum Gasteiger partial charge on any atom is -0.295 e. The zero-order valence-corrected chi connectivity index (χ0v) is 7.46. The van der Waals surface area contributed by atoms with E-state index in [-0.39, 0.29) is 0 Å². The Bertz CT molecular complexity index is 205. The number of fused-ring (bicyclic) bond motifs is 1. The lowest BCUT2D eigenvalue weighted by Gasteiger charge is -2.00. The normalized spacial score (nSPS) is 38.5. The summed E-state index contributed by atoms with van der Waals surface area (Å²) in [5, 5.41) is 0. The number of carbonyl (C=O) groups is 1. The van der Waals surface area contributed by atoms with E-state index in [2.05, 4.69) is 6.08 Å². The van der Waals surface area contributed by atoms with Gasteiger partial charge in [-0.15, -0.1) is 0 Å². The van der Waals surface area contributed by atoms with Crippen molar-refractivity contribution in [3.05, 3.63) is 12.2 Å². The predicted molar refractivity (Wildman–Crippen MR) is 48.8 cm³/mol. The average Bonchev–Trinajstić information content (AvgIpc) is 2.82. The van der Waals surface area contributed by atoms with Crippen molar-refractivity contribution >= 4 is 5.78 Å². The number of rotatable bonds is 0. The maximum absolute atomic E-state index is 11.4. The first-order valence-corrected chi connectivity index (χ1v) is 5.08. The molecule has 0 radical (unpaired) electrons. The standard InChI is InChI=1S/C11H16O/c12-11-7-5-3-1-2-4-6-9-8-10(9)11/h5,7,9-10H,1-4,6,8H2/b7-5+/t9-,10+/m0/s1. The summed E-state index contributed by atoms with van der Waals surface area (Å²) in [7, 11) is 0. The third-order valence-corrected chi connectivity index (χ3v) is 3.02. The second kappa shape index (κ2) is 3.42. The second-order valence-corrected chi connectivity index (χ2v) is 4.05. The molecule has 0 bridgehead atoms. The van der Waals surface area contributed by atoms with Gasteiger partial charge in [-0.05, 0) is 37.7 Å². The van der Waals surface area contributed by atoms with E-state index in [0.717, 1.165) is 12.3 Å². The number of carbonyl (C=O) groups excluding carboxylic acids is 1. The molecule has 0 aromatic rings. The molecule has 1 heteroatoms. The summed E-state index contributed by atoms with van der Waals surface area (Å²) in [6.07, 6.45) is 11.4. The minimum atomic E-state index is 0.391. The van der Waals surface area contributed by atoms with Gasteiger partial charge < -0.3 is 0 Å². The molecule has 2 aliphatic rings. The lowest BCUT2D eigenvalue weighted by molar-refractivity contribution is -0.116. The quantitative estimate of drug-likeness (QED) is 0.538. The van der Waals surface area contributed by atoms with Gasteiger partial charge in [0.15, 0.2) is 5.78 Å². The van der Waals surface area contributed by atoms with E-state index in [1.165, 1.54) is 32.1 Å². The van der Waals surface area contributed by atoms with Gasteiger partial charge in [0.25, 0.3) is 0 Å². The van der Waals surface area contributed by atoms with Gasteiger partial charge in [-0.2, -0.15) is 0 Å². The van der Waals surface area contributed by atoms with E-state index < -0.39 is 0 Å². The number of ketones is 1. The van der Waals surface area contributed by atoms with Gasteiger partial charge >= 0.3 is 0 Å². The summed E-state index contributed by atoms with van der Waals surface area (Å²) >= 11 is 0. The molecule has 0 spiro atoms. The Labute approximate surface area is 73.8 Å². The smallest absolute Gasteiger partial charge is 0.158 e. The fourth-order valence-corrected chi connectivity index (χ4v) is 2.08. The fourth-order valence-electron chi connectivity index (χ4n) is 2.08. The van der Waals surface area contributed by atoms with E-state index in [0.29, 0.717) is 11.7 Å². The number of hydrogen-bond donors (Lipinski definition) is 0. The van der Waals surface area contributed by atoms with Crippen molar-refractivity contribution in [1.82, 2.24) is 0 Å². The summed E-state index contributed by atoms with van der Waals surface area (Å²) in [6, 6.07) is 0. The van der Waals surface area contributed by atoms with Crippen LogP contribution in [0.15, 0.2) is 12.2 Å². The van der Waals surface area contributed by atoms with Crippen LogP contribution >= 0.6 is 0 Å². The molecule has 2 aliphatic carbocycles. The van der Waals surface area contributed by atoms with Crippen LogP contribution in [0.5, 0.6) is 0 Å². The van der Waals surface area contributed by atoms with Crippen molar-refractivity contribution in [2.45, 2.75) is 38.5 Å². The average molecular weight is 164 g/mol. The van der Waals surface area contributed by atoms with Crippen LogP contribution in [0.2, 0.25) is 0 Å². The van der Waals surface area contributed by atoms with Crippen molar-refractivity contribution in [2.24, 2.45) is 11.8 Å². The van der Waals surface area contributed by atoms with Crippen molar-refractivity contribution in [3.8, 4) is 0 Å². The summed E-state index contributed by atoms with van der Waals surface area (Å²) in [5.41, 5.74) is 0. The highest BCUT2D eigenvalue weighted by Gasteiger charge is 2.40. The molecule has 0 heterocycles. The van der Waals surface area contributed by atoms with Crippen LogP contribution in [0.1, 0.15) is 38.5 Å². The molecule has 0 aliphatic heterocycles. The van der Waals surface area contributed by atoms with Crippen LogP contribution in [0.3, 0.4) is 0 Å². The van der Waals surface area contributed by atoms with Crippen molar-refractivity contribution in [3.63, 3.8) is 0 Å². The Hall–Kier alpha value is -0.590. The third kappa shape index (κ3) is 1.77. The van der Waals surface area contributed by atoms with E-state index in [1.807, 2.05) is 6.08 Å². The molecule has 0 N–H and O–H groups in total. The topological polar surface area (TPSA) is 17.1 Å². The highest BCUT2D eigenvalue weighted by Crippen LogP contribution is 2.43. The molecule has 0 unspecified atom stereocenters. The highest BCUT2D eigenvalue weighted by atomic mass is 16.1. The fraction of sp³-hybridized carbons (Fsp3) is 0.727. The first-order chi connectivity index (χ1) is 5.88. The first-order valence-electron chi connectivity index (χ1n) is 5.08. The lowest BCUT2D eigenvalue weighted by atomic mass is 10.0. The Morgan fingerprint density at radius 2 is 2.17 bits per heavy atom. The minimum absolute atomic E-state index is 0.391. The van der Waals surface area contributed by atoms with Crippen LogP contribution < -0.4 is 0 Å². The zero-order chi connectivity index (χ0) is 8.39. The molecule has 66 valence electrons. The highest BCUT2D eigenvalue weighted by molar-refractivity contribution is 5.93. The molecule has 12 heavy (non-hydrogen) atoms. The van der Waals surface area contributed by atoms with Crippen LogP contribution in [-0.2, 0) is 4.79 Å². The van der Waals surface area contributed by atoms with Gasteiger partial charge in [-0.3, -0.25) is 4.79 Å². The van der Waals surface area contributed by atoms with E-state index in [9.17, 15) is 4.79 Å².